The summed E-state index contributed by atoms with van der Waals surface area (Å²) in [6, 6.07) is 4.32. The molecule has 2 unspecified atom stereocenters. The van der Waals surface area contributed by atoms with Crippen molar-refractivity contribution in [1.82, 2.24) is 0 Å². The highest BCUT2D eigenvalue weighted by atomic mass is 35.5. The van der Waals surface area contributed by atoms with E-state index in [9.17, 15) is 0 Å². The highest BCUT2D eigenvalue weighted by Gasteiger charge is 2.27. The number of halogens is 1. The van der Waals surface area contributed by atoms with Crippen LogP contribution >= 0.6 is 11.6 Å². The van der Waals surface area contributed by atoms with E-state index in [1.54, 1.807) is 0 Å². The number of rotatable bonds is 3. The van der Waals surface area contributed by atoms with E-state index in [0.29, 0.717) is 11.1 Å². The molecule has 0 amide bonds. The molecule has 3 rings (SSSR count). The zero-order valence-electron chi connectivity index (χ0n) is 10.5. The fourth-order valence-corrected chi connectivity index (χ4v) is 3.15. The lowest BCUT2D eigenvalue weighted by Crippen LogP contribution is -2.23. The molecule has 1 heterocycles. The minimum absolute atomic E-state index is 0.288. The summed E-state index contributed by atoms with van der Waals surface area (Å²) in [7, 11) is 0. The Morgan fingerprint density at radius 1 is 1.28 bits per heavy atom. The molecule has 18 heavy (non-hydrogen) atoms. The Morgan fingerprint density at radius 2 is 2.06 bits per heavy atom. The van der Waals surface area contributed by atoms with Gasteiger partial charge in [0.15, 0.2) is 11.5 Å². The Balaban J connectivity index is 1.80. The first-order valence-corrected chi connectivity index (χ1v) is 7.01. The molecule has 0 saturated heterocycles. The second kappa shape index (κ2) is 4.88. The van der Waals surface area contributed by atoms with Crippen LogP contribution in [0.25, 0.3) is 0 Å². The first-order valence-electron chi connectivity index (χ1n) is 6.63. The Morgan fingerprint density at radius 3 is 2.83 bits per heavy atom. The van der Waals surface area contributed by atoms with Gasteiger partial charge in [0.05, 0.1) is 10.7 Å². The van der Waals surface area contributed by atoms with Gasteiger partial charge >= 0.3 is 0 Å². The number of fused-ring (bicyclic) bond motifs is 1. The summed E-state index contributed by atoms with van der Waals surface area (Å²) in [5.74, 6) is 2.28. The summed E-state index contributed by atoms with van der Waals surface area (Å²) in [6.07, 6.45) is 5.07. The van der Waals surface area contributed by atoms with E-state index in [2.05, 4.69) is 12.2 Å². The van der Waals surface area contributed by atoms with Crippen molar-refractivity contribution in [2.45, 2.75) is 38.6 Å². The number of nitrogens with one attached hydrogen (secondary N) is 1. The van der Waals surface area contributed by atoms with Crippen LogP contribution in [-0.2, 0) is 0 Å². The predicted molar refractivity (Wildman–Crippen MR) is 72.6 cm³/mol. The molecule has 1 aromatic rings. The second-order valence-electron chi connectivity index (χ2n) is 5.04. The van der Waals surface area contributed by atoms with Gasteiger partial charge in [-0.2, -0.15) is 0 Å². The Hall–Kier alpha value is -1.09. The lowest BCUT2D eigenvalue weighted by molar-refractivity contribution is 0.174. The van der Waals surface area contributed by atoms with Gasteiger partial charge in [-0.1, -0.05) is 31.4 Å². The summed E-state index contributed by atoms with van der Waals surface area (Å²) in [5, 5.41) is 4.28. The summed E-state index contributed by atoms with van der Waals surface area (Å²) in [5.41, 5.74) is 0.964. The summed E-state index contributed by atoms with van der Waals surface area (Å²) in [4.78, 5) is 0. The molecule has 0 aromatic heterocycles. The molecule has 2 aliphatic rings. The lowest BCUT2D eigenvalue weighted by Gasteiger charge is -2.21. The van der Waals surface area contributed by atoms with Crippen LogP contribution in [0.4, 0.5) is 5.69 Å². The second-order valence-corrected chi connectivity index (χ2v) is 5.44. The van der Waals surface area contributed by atoms with Gasteiger partial charge in [0.2, 0.25) is 6.79 Å². The number of hydrogen-bond acceptors (Lipinski definition) is 3. The first-order chi connectivity index (χ1) is 8.78. The summed E-state index contributed by atoms with van der Waals surface area (Å²) in [6.45, 7) is 2.54. The van der Waals surface area contributed by atoms with Crippen LogP contribution in [0, 0.1) is 5.92 Å². The summed E-state index contributed by atoms with van der Waals surface area (Å²) < 4.78 is 10.7. The molecule has 1 aliphatic heterocycles. The lowest BCUT2D eigenvalue weighted by atomic mass is 10.0. The molecule has 0 bridgehead atoms. The van der Waals surface area contributed by atoms with E-state index in [1.807, 2.05) is 12.1 Å². The van der Waals surface area contributed by atoms with E-state index in [0.717, 1.165) is 23.1 Å². The van der Waals surface area contributed by atoms with Crippen molar-refractivity contribution in [3.63, 3.8) is 0 Å². The molecule has 1 N–H and O–H groups in total. The number of benzene rings is 1. The third-order valence-electron chi connectivity index (χ3n) is 3.99. The van der Waals surface area contributed by atoms with Crippen molar-refractivity contribution in [3.05, 3.63) is 17.2 Å². The van der Waals surface area contributed by atoms with E-state index >= 15 is 0 Å². The number of anilines is 1. The van der Waals surface area contributed by atoms with Crippen molar-refractivity contribution < 1.29 is 9.47 Å². The molecular weight excluding hydrogens is 250 g/mol. The van der Waals surface area contributed by atoms with Gasteiger partial charge < -0.3 is 14.8 Å². The van der Waals surface area contributed by atoms with Crippen molar-refractivity contribution in [2.75, 3.05) is 12.1 Å². The molecule has 1 fully saturated rings. The fraction of sp³-hybridized carbons (Fsp3) is 0.571. The molecular formula is C14H18ClNO2. The maximum absolute atomic E-state index is 6.28. The smallest absolute Gasteiger partial charge is 0.231 e. The van der Waals surface area contributed by atoms with Gasteiger partial charge in [-0.15, -0.1) is 0 Å². The fourth-order valence-electron chi connectivity index (χ4n) is 2.94. The van der Waals surface area contributed by atoms with Crippen molar-refractivity contribution in [3.8, 4) is 11.5 Å². The molecule has 0 spiro atoms. The molecule has 1 aliphatic carbocycles. The molecule has 98 valence electrons. The molecule has 1 aromatic carbocycles. The Kier molecular flexibility index (Phi) is 3.25. The zero-order chi connectivity index (χ0) is 12.5. The minimum atomic E-state index is 0.288. The van der Waals surface area contributed by atoms with Crippen molar-refractivity contribution >= 4 is 17.3 Å². The Labute approximate surface area is 112 Å². The van der Waals surface area contributed by atoms with Gasteiger partial charge in [-0.05, 0) is 18.8 Å². The third kappa shape index (κ3) is 2.12. The molecule has 0 radical (unpaired) electrons. The normalized spacial score (nSPS) is 25.4. The average Bonchev–Trinajstić information content (AvgIpc) is 2.98. The number of ether oxygens (including phenoxy) is 2. The van der Waals surface area contributed by atoms with E-state index in [-0.39, 0.29) is 6.79 Å². The molecule has 4 heteroatoms. The maximum Gasteiger partial charge on any atom is 0.231 e. The topological polar surface area (TPSA) is 30.5 Å². The highest BCUT2D eigenvalue weighted by Crippen LogP contribution is 2.41. The van der Waals surface area contributed by atoms with Crippen LogP contribution in [-0.4, -0.2) is 12.8 Å². The molecule has 2 atom stereocenters. The third-order valence-corrected chi connectivity index (χ3v) is 4.30. The van der Waals surface area contributed by atoms with Gasteiger partial charge in [0, 0.05) is 18.2 Å². The molecule has 3 nitrogen and oxygen atoms in total. The van der Waals surface area contributed by atoms with E-state index in [1.165, 1.54) is 25.7 Å². The monoisotopic (exact) mass is 267 g/mol. The zero-order valence-corrected chi connectivity index (χ0v) is 11.3. The van der Waals surface area contributed by atoms with Crippen LogP contribution in [0.1, 0.15) is 32.6 Å². The highest BCUT2D eigenvalue weighted by molar-refractivity contribution is 6.33. The van der Waals surface area contributed by atoms with E-state index in [4.69, 9.17) is 21.1 Å². The first kappa shape index (κ1) is 12.0. The van der Waals surface area contributed by atoms with Crippen molar-refractivity contribution in [1.29, 1.82) is 0 Å². The predicted octanol–water partition coefficient (Wildman–Crippen LogP) is 4.06. The summed E-state index contributed by atoms with van der Waals surface area (Å²) >= 11 is 6.28. The van der Waals surface area contributed by atoms with Crippen LogP contribution in [0.15, 0.2) is 12.1 Å². The average molecular weight is 268 g/mol. The van der Waals surface area contributed by atoms with Gasteiger partial charge in [-0.3, -0.25) is 0 Å². The van der Waals surface area contributed by atoms with Gasteiger partial charge in [-0.25, -0.2) is 0 Å². The van der Waals surface area contributed by atoms with Crippen LogP contribution < -0.4 is 14.8 Å². The number of hydrogen-bond donors (Lipinski definition) is 1. The maximum atomic E-state index is 6.28. The Bertz CT molecular complexity index is 450. The van der Waals surface area contributed by atoms with Crippen molar-refractivity contribution in [2.24, 2.45) is 5.92 Å². The van der Waals surface area contributed by atoms with Crippen LogP contribution in [0.5, 0.6) is 11.5 Å². The largest absolute Gasteiger partial charge is 0.454 e. The minimum Gasteiger partial charge on any atom is -0.454 e. The standard InChI is InChI=1S/C14H18ClNO2/c1-2-9-4-3-5-11(9)16-12-7-14-13(6-10(12)15)17-8-18-14/h6-7,9,11,16H,2-5,8H2,1H3. The van der Waals surface area contributed by atoms with Gasteiger partial charge in [0.25, 0.3) is 0 Å². The van der Waals surface area contributed by atoms with E-state index < -0.39 is 0 Å². The van der Waals surface area contributed by atoms with Gasteiger partial charge in [0.1, 0.15) is 0 Å². The van der Waals surface area contributed by atoms with Crippen LogP contribution in [0.2, 0.25) is 5.02 Å². The quantitative estimate of drug-likeness (QED) is 0.896. The molecule has 1 saturated carbocycles. The SMILES string of the molecule is CCC1CCCC1Nc1cc2c(cc1Cl)OCO2. The van der Waals surface area contributed by atoms with Crippen LogP contribution in [0.3, 0.4) is 0 Å².